The second-order valence-corrected chi connectivity index (χ2v) is 7.99. The van der Waals surface area contributed by atoms with Crippen LogP contribution in [0, 0.1) is 11.3 Å². The first-order valence-electron chi connectivity index (χ1n) is 7.85. The van der Waals surface area contributed by atoms with E-state index in [1.54, 1.807) is 6.20 Å². The van der Waals surface area contributed by atoms with E-state index >= 15 is 0 Å². The van der Waals surface area contributed by atoms with Crippen LogP contribution in [0.5, 0.6) is 0 Å². The second kappa shape index (κ2) is 7.06. The minimum absolute atomic E-state index is 0.0470. The Bertz CT molecular complexity index is 507. The fourth-order valence-electron chi connectivity index (χ4n) is 2.72. The summed E-state index contributed by atoms with van der Waals surface area (Å²) in [4.78, 5) is 17.2. The van der Waals surface area contributed by atoms with E-state index in [1.165, 1.54) is 11.3 Å². The Morgan fingerprint density at radius 2 is 2.32 bits per heavy atom. The number of hydrogen-bond donors (Lipinski definition) is 2. The molecule has 1 aromatic rings. The highest BCUT2D eigenvalue weighted by Gasteiger charge is 2.31. The van der Waals surface area contributed by atoms with Crippen LogP contribution in [0.25, 0.3) is 0 Å². The Morgan fingerprint density at radius 3 is 2.91 bits per heavy atom. The molecule has 5 nitrogen and oxygen atoms in total. The summed E-state index contributed by atoms with van der Waals surface area (Å²) >= 11 is 1.39. The van der Waals surface area contributed by atoms with Crippen LogP contribution in [0.1, 0.15) is 61.3 Å². The predicted molar refractivity (Wildman–Crippen MR) is 87.0 cm³/mol. The standard InChI is InChI=1S/C16H26N2O3S/c1-10(2)13(19)16(3,4)9-18-14(20)12-8-17-15(22-12)11-6-5-7-21-11/h8,10-11,13,19H,5-7,9H2,1-4H3,(H,18,20). The van der Waals surface area contributed by atoms with E-state index in [-0.39, 0.29) is 23.3 Å². The van der Waals surface area contributed by atoms with Gasteiger partial charge in [0, 0.05) is 18.6 Å². The summed E-state index contributed by atoms with van der Waals surface area (Å²) in [6, 6.07) is 0. The molecule has 0 spiro atoms. The molecule has 2 unspecified atom stereocenters. The van der Waals surface area contributed by atoms with Crippen LogP contribution < -0.4 is 5.32 Å². The molecule has 2 N–H and O–H groups in total. The maximum atomic E-state index is 12.2. The lowest BCUT2D eigenvalue weighted by molar-refractivity contribution is 0.0138. The van der Waals surface area contributed by atoms with Gasteiger partial charge in [0.15, 0.2) is 0 Å². The summed E-state index contributed by atoms with van der Waals surface area (Å²) in [5.74, 6) is 0.0206. The van der Waals surface area contributed by atoms with Crippen molar-refractivity contribution in [2.45, 2.75) is 52.7 Å². The number of aromatic nitrogens is 1. The third-order valence-corrected chi connectivity index (χ3v) is 5.18. The Morgan fingerprint density at radius 1 is 1.59 bits per heavy atom. The molecule has 1 fully saturated rings. The largest absolute Gasteiger partial charge is 0.392 e. The zero-order chi connectivity index (χ0) is 16.3. The monoisotopic (exact) mass is 326 g/mol. The van der Waals surface area contributed by atoms with Crippen molar-refractivity contribution in [3.63, 3.8) is 0 Å². The molecule has 2 rings (SSSR count). The normalized spacial score (nSPS) is 20.4. The molecule has 2 heterocycles. The van der Waals surface area contributed by atoms with Crippen molar-refractivity contribution >= 4 is 17.2 Å². The van der Waals surface area contributed by atoms with Gasteiger partial charge in [0.05, 0.1) is 12.3 Å². The Balaban J connectivity index is 1.92. The average molecular weight is 326 g/mol. The quantitative estimate of drug-likeness (QED) is 0.843. The molecule has 1 saturated heterocycles. The summed E-state index contributed by atoms with van der Waals surface area (Å²) in [7, 11) is 0. The molecule has 124 valence electrons. The number of ether oxygens (including phenoxy) is 1. The predicted octanol–water partition coefficient (Wildman–Crippen LogP) is 2.77. The van der Waals surface area contributed by atoms with Crippen molar-refractivity contribution in [3.8, 4) is 0 Å². The molecular formula is C16H26N2O3S. The first kappa shape index (κ1) is 17.4. The lowest BCUT2D eigenvalue weighted by atomic mass is 9.81. The molecule has 1 aromatic heterocycles. The summed E-state index contributed by atoms with van der Waals surface area (Å²) in [5.41, 5.74) is -0.369. The second-order valence-electron chi connectivity index (χ2n) is 6.92. The van der Waals surface area contributed by atoms with Crippen molar-refractivity contribution in [2.75, 3.05) is 13.2 Å². The SMILES string of the molecule is CC(C)C(O)C(C)(C)CNC(=O)c1cnc(C2CCCO2)s1. The number of nitrogens with one attached hydrogen (secondary N) is 1. The number of aliphatic hydroxyl groups excluding tert-OH is 1. The number of hydrogen-bond acceptors (Lipinski definition) is 5. The van der Waals surface area contributed by atoms with Gasteiger partial charge in [-0.1, -0.05) is 27.7 Å². The number of rotatable bonds is 6. The van der Waals surface area contributed by atoms with Gasteiger partial charge in [-0.3, -0.25) is 4.79 Å². The molecule has 6 heteroatoms. The van der Waals surface area contributed by atoms with Gasteiger partial charge in [0.2, 0.25) is 0 Å². The maximum absolute atomic E-state index is 12.2. The van der Waals surface area contributed by atoms with Gasteiger partial charge in [-0.25, -0.2) is 4.98 Å². The number of thiazole rings is 1. The zero-order valence-corrected chi connectivity index (χ0v) is 14.6. The molecule has 1 amide bonds. The van der Waals surface area contributed by atoms with Gasteiger partial charge in [0.25, 0.3) is 5.91 Å². The Hall–Kier alpha value is -0.980. The molecule has 1 aliphatic rings. The first-order valence-corrected chi connectivity index (χ1v) is 8.66. The van der Waals surface area contributed by atoms with Crippen LogP contribution >= 0.6 is 11.3 Å². The van der Waals surface area contributed by atoms with Crippen LogP contribution in [0.2, 0.25) is 0 Å². The first-order chi connectivity index (χ1) is 10.3. The molecule has 0 bridgehead atoms. The van der Waals surface area contributed by atoms with E-state index in [0.717, 1.165) is 24.5 Å². The van der Waals surface area contributed by atoms with Gasteiger partial charge in [-0.15, -0.1) is 11.3 Å². The fraction of sp³-hybridized carbons (Fsp3) is 0.750. The molecular weight excluding hydrogens is 300 g/mol. The van der Waals surface area contributed by atoms with Gasteiger partial charge < -0.3 is 15.2 Å². The third kappa shape index (κ3) is 4.06. The topological polar surface area (TPSA) is 71.5 Å². The van der Waals surface area contributed by atoms with Crippen LogP contribution in [-0.4, -0.2) is 35.3 Å². The van der Waals surface area contributed by atoms with Crippen molar-refractivity contribution in [1.82, 2.24) is 10.3 Å². The molecule has 2 atom stereocenters. The van der Waals surface area contributed by atoms with E-state index < -0.39 is 6.10 Å². The number of carbonyl (C=O) groups is 1. The number of aliphatic hydroxyl groups is 1. The van der Waals surface area contributed by atoms with Crippen molar-refractivity contribution < 1.29 is 14.6 Å². The van der Waals surface area contributed by atoms with Gasteiger partial charge >= 0.3 is 0 Å². The summed E-state index contributed by atoms with van der Waals surface area (Å²) in [6.07, 6.45) is 3.22. The molecule has 22 heavy (non-hydrogen) atoms. The fourth-order valence-corrected chi connectivity index (χ4v) is 3.63. The summed E-state index contributed by atoms with van der Waals surface area (Å²) in [5, 5.41) is 14.0. The van der Waals surface area contributed by atoms with E-state index in [4.69, 9.17) is 4.74 Å². The van der Waals surface area contributed by atoms with E-state index in [0.29, 0.717) is 11.4 Å². The van der Waals surface area contributed by atoms with E-state index in [2.05, 4.69) is 10.3 Å². The highest BCUT2D eigenvalue weighted by Crippen LogP contribution is 2.31. The molecule has 1 aliphatic heterocycles. The molecule has 0 radical (unpaired) electrons. The highest BCUT2D eigenvalue weighted by molar-refractivity contribution is 7.13. The number of nitrogens with zero attached hydrogens (tertiary/aromatic N) is 1. The molecule has 0 aliphatic carbocycles. The summed E-state index contributed by atoms with van der Waals surface area (Å²) < 4.78 is 5.59. The highest BCUT2D eigenvalue weighted by atomic mass is 32.1. The molecule has 0 saturated carbocycles. The smallest absolute Gasteiger partial charge is 0.263 e. The van der Waals surface area contributed by atoms with Crippen molar-refractivity contribution in [1.29, 1.82) is 0 Å². The van der Waals surface area contributed by atoms with Crippen molar-refractivity contribution in [2.24, 2.45) is 11.3 Å². The number of amides is 1. The van der Waals surface area contributed by atoms with Crippen LogP contribution in [0.15, 0.2) is 6.20 Å². The lowest BCUT2D eigenvalue weighted by Gasteiger charge is -2.33. The average Bonchev–Trinajstić information content (AvgIpc) is 3.13. The lowest BCUT2D eigenvalue weighted by Crippen LogP contribution is -2.43. The maximum Gasteiger partial charge on any atom is 0.263 e. The van der Waals surface area contributed by atoms with Crippen molar-refractivity contribution in [3.05, 3.63) is 16.1 Å². The van der Waals surface area contributed by atoms with Gasteiger partial charge in [-0.2, -0.15) is 0 Å². The summed E-state index contributed by atoms with van der Waals surface area (Å²) in [6.45, 7) is 9.08. The van der Waals surface area contributed by atoms with Gasteiger partial charge in [-0.05, 0) is 18.8 Å². The number of carbonyl (C=O) groups excluding carboxylic acids is 1. The van der Waals surface area contributed by atoms with E-state index in [1.807, 2.05) is 27.7 Å². The van der Waals surface area contributed by atoms with Crippen LogP contribution in [0.4, 0.5) is 0 Å². The minimum Gasteiger partial charge on any atom is -0.392 e. The van der Waals surface area contributed by atoms with Crippen LogP contribution in [-0.2, 0) is 4.74 Å². The Kier molecular flexibility index (Phi) is 5.58. The van der Waals surface area contributed by atoms with Crippen LogP contribution in [0.3, 0.4) is 0 Å². The van der Waals surface area contributed by atoms with E-state index in [9.17, 15) is 9.90 Å². The zero-order valence-electron chi connectivity index (χ0n) is 13.8. The molecule has 0 aromatic carbocycles. The Labute approximate surface area is 136 Å². The van der Waals surface area contributed by atoms with Gasteiger partial charge in [0.1, 0.15) is 16.0 Å². The minimum atomic E-state index is -0.461. The third-order valence-electron chi connectivity index (χ3n) is 4.09.